The lowest BCUT2D eigenvalue weighted by Gasteiger charge is -2.19. The van der Waals surface area contributed by atoms with Crippen LogP contribution in [0.25, 0.3) is 0 Å². The molecule has 1 aromatic rings. The lowest BCUT2D eigenvalue weighted by Crippen LogP contribution is -2.32. The molecule has 0 saturated heterocycles. The van der Waals surface area contributed by atoms with Crippen molar-refractivity contribution in [2.24, 2.45) is 9.98 Å². The van der Waals surface area contributed by atoms with Crippen molar-refractivity contribution in [1.29, 1.82) is 0 Å². The maximum absolute atomic E-state index is 11.8. The first-order valence-electron chi connectivity index (χ1n) is 6.13. The number of carbonyl (C=O) groups is 1. The van der Waals surface area contributed by atoms with Gasteiger partial charge in [-0.05, 0) is 44.5 Å². The standard InChI is InChI=1S/C14H18N4O/c1-9(16-8-15-4)17-10-5-6-11-12(7-10)14(2,3)18-13(11)19/h5-8H,1-4H3,(H,18,19)(H,15,16,17). The van der Waals surface area contributed by atoms with Gasteiger partial charge in [0.05, 0.1) is 5.54 Å². The fraction of sp³-hybridized carbons (Fsp3) is 0.357. The van der Waals surface area contributed by atoms with Crippen LogP contribution in [0.2, 0.25) is 0 Å². The maximum atomic E-state index is 11.8. The van der Waals surface area contributed by atoms with E-state index < -0.39 is 0 Å². The van der Waals surface area contributed by atoms with Gasteiger partial charge in [-0.3, -0.25) is 9.79 Å². The smallest absolute Gasteiger partial charge is 0.252 e. The van der Waals surface area contributed by atoms with E-state index in [2.05, 4.69) is 20.6 Å². The minimum atomic E-state index is -0.333. The van der Waals surface area contributed by atoms with Crippen molar-refractivity contribution in [2.45, 2.75) is 26.3 Å². The fourth-order valence-electron chi connectivity index (χ4n) is 2.14. The molecule has 1 aliphatic rings. The van der Waals surface area contributed by atoms with Gasteiger partial charge < -0.3 is 10.6 Å². The van der Waals surface area contributed by atoms with Gasteiger partial charge in [-0.1, -0.05) is 0 Å². The van der Waals surface area contributed by atoms with Crippen molar-refractivity contribution in [2.75, 3.05) is 12.4 Å². The topological polar surface area (TPSA) is 65.8 Å². The van der Waals surface area contributed by atoms with E-state index in [0.29, 0.717) is 0 Å². The molecule has 0 atom stereocenters. The van der Waals surface area contributed by atoms with Crippen LogP contribution in [0, 0.1) is 0 Å². The van der Waals surface area contributed by atoms with Crippen LogP contribution in [0.3, 0.4) is 0 Å². The van der Waals surface area contributed by atoms with Crippen molar-refractivity contribution in [3.63, 3.8) is 0 Å². The summed E-state index contributed by atoms with van der Waals surface area (Å²) >= 11 is 0. The molecule has 1 amide bonds. The highest BCUT2D eigenvalue weighted by atomic mass is 16.2. The van der Waals surface area contributed by atoms with Gasteiger partial charge in [-0.15, -0.1) is 0 Å². The molecule has 2 N–H and O–H groups in total. The molecule has 0 spiro atoms. The molecule has 19 heavy (non-hydrogen) atoms. The quantitative estimate of drug-likeness (QED) is 0.630. The van der Waals surface area contributed by atoms with Crippen LogP contribution in [0.5, 0.6) is 0 Å². The number of amidine groups is 1. The SMILES string of the molecule is CN=CN=C(C)Nc1ccc2c(c1)C(C)(C)NC2=O. The second-order valence-corrected chi connectivity index (χ2v) is 5.05. The zero-order valence-corrected chi connectivity index (χ0v) is 11.6. The van der Waals surface area contributed by atoms with E-state index >= 15 is 0 Å². The summed E-state index contributed by atoms with van der Waals surface area (Å²) in [6, 6.07) is 5.69. The Labute approximate surface area is 112 Å². The van der Waals surface area contributed by atoms with E-state index in [0.717, 1.165) is 22.6 Å². The van der Waals surface area contributed by atoms with Crippen LogP contribution in [0.15, 0.2) is 28.2 Å². The minimum Gasteiger partial charge on any atom is -0.344 e. The van der Waals surface area contributed by atoms with Crippen molar-refractivity contribution in [3.05, 3.63) is 29.3 Å². The molecule has 5 heteroatoms. The van der Waals surface area contributed by atoms with E-state index in [-0.39, 0.29) is 11.4 Å². The third kappa shape index (κ3) is 2.65. The monoisotopic (exact) mass is 258 g/mol. The van der Waals surface area contributed by atoms with E-state index in [9.17, 15) is 4.79 Å². The predicted octanol–water partition coefficient (Wildman–Crippen LogP) is 2.15. The summed E-state index contributed by atoms with van der Waals surface area (Å²) in [7, 11) is 1.67. The number of nitrogens with zero attached hydrogens (tertiary/aromatic N) is 2. The number of hydrogen-bond acceptors (Lipinski definition) is 2. The van der Waals surface area contributed by atoms with Crippen molar-refractivity contribution < 1.29 is 4.79 Å². The number of hydrogen-bond donors (Lipinski definition) is 2. The normalized spacial score (nSPS) is 17.5. The molecular formula is C14H18N4O. The number of carbonyl (C=O) groups excluding carboxylic acids is 1. The zero-order chi connectivity index (χ0) is 14.0. The molecule has 100 valence electrons. The number of fused-ring (bicyclic) bond motifs is 1. The molecule has 1 aromatic carbocycles. The van der Waals surface area contributed by atoms with Gasteiger partial charge in [-0.25, -0.2) is 4.99 Å². The number of nitrogens with one attached hydrogen (secondary N) is 2. The Hall–Kier alpha value is -2.17. The average molecular weight is 258 g/mol. The van der Waals surface area contributed by atoms with Crippen LogP contribution in [-0.2, 0) is 5.54 Å². The van der Waals surface area contributed by atoms with Gasteiger partial charge in [0.1, 0.15) is 12.2 Å². The van der Waals surface area contributed by atoms with Gasteiger partial charge in [-0.2, -0.15) is 0 Å². The highest BCUT2D eigenvalue weighted by Gasteiger charge is 2.34. The first kappa shape index (κ1) is 13.3. The summed E-state index contributed by atoms with van der Waals surface area (Å²) in [5.41, 5.74) is 2.31. The van der Waals surface area contributed by atoms with Crippen molar-refractivity contribution in [3.8, 4) is 0 Å². The molecule has 0 aliphatic carbocycles. The lowest BCUT2D eigenvalue weighted by molar-refractivity contribution is 0.0940. The summed E-state index contributed by atoms with van der Waals surface area (Å²) in [5, 5.41) is 6.13. The molecule has 1 aliphatic heterocycles. The molecule has 0 bridgehead atoms. The summed E-state index contributed by atoms with van der Waals surface area (Å²) in [4.78, 5) is 19.7. The van der Waals surface area contributed by atoms with Gasteiger partial charge in [0.2, 0.25) is 0 Å². The second kappa shape index (κ2) is 4.84. The van der Waals surface area contributed by atoms with E-state index in [4.69, 9.17) is 0 Å². The molecule has 1 heterocycles. The summed E-state index contributed by atoms with van der Waals surface area (Å²) in [5.74, 6) is 0.732. The van der Waals surface area contributed by atoms with E-state index in [1.807, 2.05) is 39.0 Å². The summed E-state index contributed by atoms with van der Waals surface area (Å²) in [6.45, 7) is 5.85. The highest BCUT2D eigenvalue weighted by molar-refractivity contribution is 6.02. The first-order chi connectivity index (χ1) is 8.94. The highest BCUT2D eigenvalue weighted by Crippen LogP contribution is 2.32. The van der Waals surface area contributed by atoms with Crippen LogP contribution in [0.4, 0.5) is 5.69 Å². The maximum Gasteiger partial charge on any atom is 0.252 e. The Bertz CT molecular complexity index is 573. The Balaban J connectivity index is 2.30. The lowest BCUT2D eigenvalue weighted by atomic mass is 9.94. The van der Waals surface area contributed by atoms with E-state index in [1.54, 1.807) is 7.05 Å². The second-order valence-electron chi connectivity index (χ2n) is 5.05. The largest absolute Gasteiger partial charge is 0.344 e. The number of amides is 1. The summed E-state index contributed by atoms with van der Waals surface area (Å²) < 4.78 is 0. The molecule has 0 saturated carbocycles. The van der Waals surface area contributed by atoms with Crippen molar-refractivity contribution >= 4 is 23.8 Å². The third-order valence-electron chi connectivity index (χ3n) is 3.06. The van der Waals surface area contributed by atoms with Crippen LogP contribution in [0.1, 0.15) is 36.7 Å². The number of aliphatic imine (C=N–C) groups is 2. The Morgan fingerprint density at radius 2 is 2.16 bits per heavy atom. The van der Waals surface area contributed by atoms with Gasteiger partial charge in [0.25, 0.3) is 5.91 Å². The number of benzene rings is 1. The van der Waals surface area contributed by atoms with Crippen LogP contribution >= 0.6 is 0 Å². The molecule has 0 unspecified atom stereocenters. The van der Waals surface area contributed by atoms with Gasteiger partial charge in [0.15, 0.2) is 0 Å². The average Bonchev–Trinajstić information content (AvgIpc) is 2.57. The first-order valence-corrected chi connectivity index (χ1v) is 6.13. The molecule has 2 rings (SSSR count). The zero-order valence-electron chi connectivity index (χ0n) is 11.6. The van der Waals surface area contributed by atoms with Crippen LogP contribution < -0.4 is 10.6 Å². The number of anilines is 1. The Morgan fingerprint density at radius 3 is 2.84 bits per heavy atom. The van der Waals surface area contributed by atoms with Crippen molar-refractivity contribution in [1.82, 2.24) is 5.32 Å². The third-order valence-corrected chi connectivity index (χ3v) is 3.06. The Kier molecular flexibility index (Phi) is 3.38. The van der Waals surface area contributed by atoms with Crippen LogP contribution in [-0.4, -0.2) is 25.1 Å². The molecule has 0 aromatic heterocycles. The molecular weight excluding hydrogens is 240 g/mol. The molecule has 0 fully saturated rings. The van der Waals surface area contributed by atoms with E-state index in [1.165, 1.54) is 6.34 Å². The minimum absolute atomic E-state index is 0.0185. The molecule has 0 radical (unpaired) electrons. The number of rotatable bonds is 2. The summed E-state index contributed by atoms with van der Waals surface area (Å²) in [6.07, 6.45) is 1.49. The fourth-order valence-corrected chi connectivity index (χ4v) is 2.14. The van der Waals surface area contributed by atoms with Gasteiger partial charge in [0, 0.05) is 18.3 Å². The molecule has 5 nitrogen and oxygen atoms in total. The predicted molar refractivity (Wildman–Crippen MR) is 78.1 cm³/mol. The van der Waals surface area contributed by atoms with Gasteiger partial charge >= 0.3 is 0 Å². The Morgan fingerprint density at radius 1 is 1.42 bits per heavy atom.